The summed E-state index contributed by atoms with van der Waals surface area (Å²) in [5.74, 6) is -0.379. The number of carbonyl (C=O) groups is 1. The highest BCUT2D eigenvalue weighted by Crippen LogP contribution is 2.34. The molecule has 1 saturated heterocycles. The molecule has 2 aromatic carbocycles. The summed E-state index contributed by atoms with van der Waals surface area (Å²) in [7, 11) is 2.00. The Morgan fingerprint density at radius 3 is 2.50 bits per heavy atom. The van der Waals surface area contributed by atoms with Gasteiger partial charge in [0.15, 0.2) is 5.65 Å². The first-order chi connectivity index (χ1) is 18.2. The molecule has 0 atom stereocenters. The second kappa shape index (κ2) is 10.5. The van der Waals surface area contributed by atoms with Gasteiger partial charge in [-0.3, -0.25) is 14.3 Å². The Bertz CT molecular complexity index is 1460. The van der Waals surface area contributed by atoms with E-state index in [-0.39, 0.29) is 30.1 Å². The first-order valence-corrected chi connectivity index (χ1v) is 12.5. The fourth-order valence-electron chi connectivity index (χ4n) is 4.75. The molecule has 0 aliphatic carbocycles. The summed E-state index contributed by atoms with van der Waals surface area (Å²) in [5.41, 5.74) is 3.67. The lowest BCUT2D eigenvalue weighted by molar-refractivity contribution is -0.138. The number of imidazole rings is 1. The molecule has 4 aromatic rings. The van der Waals surface area contributed by atoms with E-state index in [1.807, 2.05) is 53.8 Å². The van der Waals surface area contributed by atoms with E-state index >= 15 is 0 Å². The highest BCUT2D eigenvalue weighted by atomic mass is 19.4. The molecular formula is C28H29F3N6O. The number of rotatable bonds is 6. The monoisotopic (exact) mass is 522 g/mol. The number of likely N-dealkylation sites (N-methyl/N-ethyl adjacent to an activating group) is 1. The van der Waals surface area contributed by atoms with Crippen LogP contribution in [0.1, 0.15) is 22.3 Å². The molecule has 38 heavy (non-hydrogen) atoms. The van der Waals surface area contributed by atoms with Gasteiger partial charge in [-0.15, -0.1) is 0 Å². The van der Waals surface area contributed by atoms with Crippen LogP contribution in [-0.2, 0) is 23.9 Å². The molecule has 1 N–H and O–H groups in total. The van der Waals surface area contributed by atoms with Crippen molar-refractivity contribution >= 4 is 22.8 Å². The van der Waals surface area contributed by atoms with E-state index in [9.17, 15) is 18.0 Å². The molecule has 1 fully saturated rings. The second-order valence-corrected chi connectivity index (χ2v) is 9.75. The van der Waals surface area contributed by atoms with E-state index in [4.69, 9.17) is 0 Å². The number of benzene rings is 2. The standard InChI is InChI=1S/C28H29F3N6O/c1-19-14-23(37-18-33-25-4-3-9-32-27(25)37)8-6-20(19)15-26(38)34-22-7-5-21(24(16-22)28(29,30)31)17-36-12-10-35(2)11-13-36/h3-9,14,16,18H,10-13,15,17H2,1-2H3,(H,34,38). The third-order valence-electron chi connectivity index (χ3n) is 6.95. The van der Waals surface area contributed by atoms with Gasteiger partial charge in [-0.2, -0.15) is 13.2 Å². The molecule has 0 radical (unpaired) electrons. The van der Waals surface area contributed by atoms with Gasteiger partial charge in [0.25, 0.3) is 0 Å². The zero-order valence-corrected chi connectivity index (χ0v) is 21.3. The van der Waals surface area contributed by atoms with Crippen molar-refractivity contribution in [3.8, 4) is 5.69 Å². The van der Waals surface area contributed by atoms with Gasteiger partial charge in [-0.25, -0.2) is 9.97 Å². The van der Waals surface area contributed by atoms with Crippen LogP contribution in [0.4, 0.5) is 18.9 Å². The van der Waals surface area contributed by atoms with Crippen LogP contribution in [0.15, 0.2) is 61.1 Å². The van der Waals surface area contributed by atoms with E-state index in [1.165, 1.54) is 6.07 Å². The first kappa shape index (κ1) is 25.9. The largest absolute Gasteiger partial charge is 0.416 e. The van der Waals surface area contributed by atoms with E-state index in [0.29, 0.717) is 0 Å². The maximum atomic E-state index is 13.9. The van der Waals surface area contributed by atoms with Gasteiger partial charge in [0.05, 0.1) is 12.0 Å². The Hall–Kier alpha value is -3.76. The topological polar surface area (TPSA) is 66.3 Å². The van der Waals surface area contributed by atoms with Crippen molar-refractivity contribution in [1.29, 1.82) is 0 Å². The van der Waals surface area contributed by atoms with Crippen molar-refractivity contribution < 1.29 is 18.0 Å². The number of nitrogens with zero attached hydrogens (tertiary/aromatic N) is 5. The molecule has 1 amide bonds. The number of halogens is 3. The Balaban J connectivity index is 1.29. The van der Waals surface area contributed by atoms with Gasteiger partial charge < -0.3 is 10.2 Å². The van der Waals surface area contributed by atoms with E-state index in [2.05, 4.69) is 20.2 Å². The third-order valence-corrected chi connectivity index (χ3v) is 6.95. The first-order valence-electron chi connectivity index (χ1n) is 12.5. The Labute approximate surface area is 218 Å². The number of aromatic nitrogens is 3. The third kappa shape index (κ3) is 5.71. The summed E-state index contributed by atoms with van der Waals surface area (Å²) in [6.45, 7) is 5.21. The number of fused-ring (bicyclic) bond motifs is 1. The number of carbonyl (C=O) groups excluding carboxylic acids is 1. The molecule has 7 nitrogen and oxygen atoms in total. The Kier molecular flexibility index (Phi) is 7.18. The molecule has 0 bridgehead atoms. The van der Waals surface area contributed by atoms with Gasteiger partial charge in [-0.1, -0.05) is 12.1 Å². The lowest BCUT2D eigenvalue weighted by Crippen LogP contribution is -2.44. The predicted molar refractivity (Wildman–Crippen MR) is 140 cm³/mol. The normalized spacial score (nSPS) is 15.2. The van der Waals surface area contributed by atoms with Crippen LogP contribution in [0.3, 0.4) is 0 Å². The number of piperazine rings is 1. The summed E-state index contributed by atoms with van der Waals surface area (Å²) < 4.78 is 43.5. The van der Waals surface area contributed by atoms with Crippen LogP contribution in [0.2, 0.25) is 0 Å². The number of hydrogen-bond acceptors (Lipinski definition) is 5. The molecule has 1 aliphatic rings. The summed E-state index contributed by atoms with van der Waals surface area (Å²) in [6, 6.07) is 13.4. The number of aryl methyl sites for hydroxylation is 1. The van der Waals surface area contributed by atoms with Crippen molar-refractivity contribution in [2.75, 3.05) is 38.5 Å². The molecule has 0 unspecified atom stereocenters. The highest BCUT2D eigenvalue weighted by molar-refractivity contribution is 5.92. The van der Waals surface area contributed by atoms with Crippen molar-refractivity contribution in [2.45, 2.75) is 26.1 Å². The fourth-order valence-corrected chi connectivity index (χ4v) is 4.75. The van der Waals surface area contributed by atoms with Gasteiger partial charge in [0.2, 0.25) is 5.91 Å². The lowest BCUT2D eigenvalue weighted by atomic mass is 10.0. The number of hydrogen-bond donors (Lipinski definition) is 1. The SMILES string of the molecule is Cc1cc(-n2cnc3cccnc32)ccc1CC(=O)Nc1ccc(CN2CCN(C)CC2)c(C(F)(F)F)c1. The number of pyridine rings is 1. The van der Waals surface area contributed by atoms with Crippen LogP contribution in [0.5, 0.6) is 0 Å². The number of alkyl halides is 3. The van der Waals surface area contributed by atoms with E-state index in [0.717, 1.165) is 60.2 Å². The fraction of sp³-hybridized carbons (Fsp3) is 0.321. The number of anilines is 1. The zero-order chi connectivity index (χ0) is 26.9. The Morgan fingerprint density at radius 1 is 1.00 bits per heavy atom. The highest BCUT2D eigenvalue weighted by Gasteiger charge is 2.34. The van der Waals surface area contributed by atoms with Gasteiger partial charge >= 0.3 is 6.18 Å². The predicted octanol–water partition coefficient (Wildman–Crippen LogP) is 4.68. The molecule has 10 heteroatoms. The van der Waals surface area contributed by atoms with Crippen molar-refractivity contribution in [3.63, 3.8) is 0 Å². The average molecular weight is 523 g/mol. The molecule has 198 valence electrons. The summed E-state index contributed by atoms with van der Waals surface area (Å²) in [6.07, 6.45) is -1.07. The molecule has 0 spiro atoms. The number of amides is 1. The molecule has 0 saturated carbocycles. The number of nitrogens with one attached hydrogen (secondary N) is 1. The second-order valence-electron chi connectivity index (χ2n) is 9.75. The minimum atomic E-state index is -4.51. The quantitative estimate of drug-likeness (QED) is 0.399. The van der Waals surface area contributed by atoms with Crippen LogP contribution in [0.25, 0.3) is 16.9 Å². The minimum absolute atomic E-state index is 0.0411. The molecule has 1 aliphatic heterocycles. The van der Waals surface area contributed by atoms with E-state index < -0.39 is 11.7 Å². The van der Waals surface area contributed by atoms with Crippen LogP contribution in [-0.4, -0.2) is 63.5 Å². The van der Waals surface area contributed by atoms with Gasteiger partial charge in [0.1, 0.15) is 11.8 Å². The smallest absolute Gasteiger partial charge is 0.326 e. The lowest BCUT2D eigenvalue weighted by Gasteiger charge is -2.33. The molecule has 2 aromatic heterocycles. The van der Waals surface area contributed by atoms with Gasteiger partial charge in [-0.05, 0) is 67.1 Å². The summed E-state index contributed by atoms with van der Waals surface area (Å²) in [5, 5.41) is 2.65. The van der Waals surface area contributed by atoms with Crippen LogP contribution < -0.4 is 5.32 Å². The molecular weight excluding hydrogens is 493 g/mol. The summed E-state index contributed by atoms with van der Waals surface area (Å²) >= 11 is 0. The van der Waals surface area contributed by atoms with E-state index in [1.54, 1.807) is 18.6 Å². The van der Waals surface area contributed by atoms with Crippen molar-refractivity contribution in [1.82, 2.24) is 24.3 Å². The van der Waals surface area contributed by atoms with Crippen LogP contribution in [0, 0.1) is 6.92 Å². The van der Waals surface area contributed by atoms with Crippen molar-refractivity contribution in [2.24, 2.45) is 0 Å². The summed E-state index contributed by atoms with van der Waals surface area (Å²) in [4.78, 5) is 25.7. The minimum Gasteiger partial charge on any atom is -0.326 e. The average Bonchev–Trinajstić information content (AvgIpc) is 3.31. The van der Waals surface area contributed by atoms with Gasteiger partial charge in [0, 0.05) is 50.3 Å². The molecule has 3 heterocycles. The van der Waals surface area contributed by atoms with Crippen molar-refractivity contribution in [3.05, 3.63) is 83.3 Å². The van der Waals surface area contributed by atoms with Crippen LogP contribution >= 0.6 is 0 Å². The zero-order valence-electron chi connectivity index (χ0n) is 21.3. The maximum Gasteiger partial charge on any atom is 0.416 e. The molecule has 5 rings (SSSR count). The Morgan fingerprint density at radius 2 is 1.76 bits per heavy atom. The maximum absolute atomic E-state index is 13.9.